The third-order valence-electron chi connectivity index (χ3n) is 5.11. The Balaban J connectivity index is 1.47. The van der Waals surface area contributed by atoms with Crippen LogP contribution < -0.4 is 19.5 Å². The first-order valence-electron chi connectivity index (χ1n) is 10.8. The molecule has 0 saturated carbocycles. The number of ether oxygens (including phenoxy) is 3. The molecule has 2 aromatic heterocycles. The summed E-state index contributed by atoms with van der Waals surface area (Å²) < 4.78 is 22.0. The van der Waals surface area contributed by atoms with Crippen molar-refractivity contribution in [3.8, 4) is 28.5 Å². The Hall–Kier alpha value is -4.27. The van der Waals surface area contributed by atoms with Crippen molar-refractivity contribution in [1.29, 1.82) is 0 Å². The number of carbonyl (C=O) groups is 1. The van der Waals surface area contributed by atoms with E-state index in [4.69, 9.17) is 23.7 Å². The molecule has 4 rings (SSSR count). The van der Waals surface area contributed by atoms with Gasteiger partial charge in [0, 0.05) is 23.6 Å². The highest BCUT2D eigenvalue weighted by Crippen LogP contribution is 2.33. The maximum Gasteiger partial charge on any atom is 0.341 e. The van der Waals surface area contributed by atoms with Gasteiger partial charge in [-0.15, -0.1) is 0 Å². The third kappa shape index (κ3) is 5.37. The Morgan fingerprint density at radius 3 is 2.74 bits per heavy atom. The second kappa shape index (κ2) is 10.6. The predicted octanol–water partition coefficient (Wildman–Crippen LogP) is 4.42. The monoisotopic (exact) mass is 463 g/mol. The fourth-order valence-electron chi connectivity index (χ4n) is 3.55. The molecule has 2 aromatic carbocycles. The average molecular weight is 463 g/mol. The molecule has 0 bridgehead atoms. The van der Waals surface area contributed by atoms with Crippen LogP contribution in [-0.4, -0.2) is 47.9 Å². The van der Waals surface area contributed by atoms with Gasteiger partial charge in [0.1, 0.15) is 23.5 Å². The van der Waals surface area contributed by atoms with Crippen LogP contribution in [0.1, 0.15) is 12.5 Å². The minimum Gasteiger partial charge on any atom is -0.496 e. The van der Waals surface area contributed by atoms with Crippen LogP contribution in [0.3, 0.4) is 0 Å². The quantitative estimate of drug-likeness (QED) is 0.333. The van der Waals surface area contributed by atoms with Gasteiger partial charge >= 0.3 is 5.97 Å². The van der Waals surface area contributed by atoms with Crippen LogP contribution in [0.5, 0.6) is 17.2 Å². The maximum absolute atomic E-state index is 10.8. The van der Waals surface area contributed by atoms with E-state index in [0.717, 1.165) is 27.8 Å². The lowest BCUT2D eigenvalue weighted by Gasteiger charge is -2.13. The predicted molar refractivity (Wildman–Crippen MR) is 127 cm³/mol. The minimum atomic E-state index is -1.06. The standard InChI is InChI=1S/C25H25N3O6/c1-3-32-23-10-16(4-5-20(23)34-14-25(29)30)19-13-24(28-15-27-19)26-8-6-17-12-22-18(7-9-33-22)11-21(17)31-2/h4-5,7,9-13,15H,3,6,8,14H2,1-2H3,(H,29,30)(H,26,27,28). The normalized spacial score (nSPS) is 10.8. The van der Waals surface area contributed by atoms with Crippen molar-refractivity contribution in [2.45, 2.75) is 13.3 Å². The van der Waals surface area contributed by atoms with Gasteiger partial charge in [0.2, 0.25) is 0 Å². The summed E-state index contributed by atoms with van der Waals surface area (Å²) in [5.41, 5.74) is 3.34. The van der Waals surface area contributed by atoms with Gasteiger partial charge in [-0.1, -0.05) is 0 Å². The number of fused-ring (bicyclic) bond motifs is 1. The van der Waals surface area contributed by atoms with Crippen molar-refractivity contribution in [3.05, 3.63) is 60.6 Å². The maximum atomic E-state index is 10.8. The number of hydrogen-bond acceptors (Lipinski definition) is 8. The summed E-state index contributed by atoms with van der Waals surface area (Å²) in [7, 11) is 1.66. The number of hydrogen-bond donors (Lipinski definition) is 2. The second-order valence-electron chi connectivity index (χ2n) is 7.36. The molecular weight excluding hydrogens is 438 g/mol. The van der Waals surface area contributed by atoms with E-state index in [2.05, 4.69) is 15.3 Å². The molecule has 0 amide bonds. The number of rotatable bonds is 11. The Labute approximate surface area is 196 Å². The topological polar surface area (TPSA) is 116 Å². The van der Waals surface area contributed by atoms with Gasteiger partial charge in [0.15, 0.2) is 18.1 Å². The summed E-state index contributed by atoms with van der Waals surface area (Å²) in [4.78, 5) is 19.5. The van der Waals surface area contributed by atoms with E-state index in [9.17, 15) is 4.79 Å². The van der Waals surface area contributed by atoms with E-state index >= 15 is 0 Å². The molecule has 2 N–H and O–H groups in total. The molecule has 9 heteroatoms. The number of carboxylic acid groups (broad SMARTS) is 1. The highest BCUT2D eigenvalue weighted by atomic mass is 16.5. The van der Waals surface area contributed by atoms with Crippen LogP contribution in [0.15, 0.2) is 59.5 Å². The highest BCUT2D eigenvalue weighted by Gasteiger charge is 2.12. The number of anilines is 1. The van der Waals surface area contributed by atoms with E-state index in [1.807, 2.05) is 31.2 Å². The van der Waals surface area contributed by atoms with Crippen molar-refractivity contribution >= 4 is 22.8 Å². The van der Waals surface area contributed by atoms with Gasteiger partial charge in [0.05, 0.1) is 25.7 Å². The van der Waals surface area contributed by atoms with Crippen LogP contribution in [0.2, 0.25) is 0 Å². The summed E-state index contributed by atoms with van der Waals surface area (Å²) in [6.07, 6.45) is 3.86. The number of nitrogens with zero attached hydrogens (tertiary/aromatic N) is 2. The largest absolute Gasteiger partial charge is 0.496 e. The first-order chi connectivity index (χ1) is 16.6. The lowest BCUT2D eigenvalue weighted by molar-refractivity contribution is -0.139. The molecule has 34 heavy (non-hydrogen) atoms. The number of aromatic nitrogens is 2. The summed E-state index contributed by atoms with van der Waals surface area (Å²) in [6, 6.07) is 13.0. The highest BCUT2D eigenvalue weighted by molar-refractivity contribution is 5.80. The SMILES string of the molecule is CCOc1cc(-c2cc(NCCc3cc4occc4cc3OC)ncn2)ccc1OCC(=O)O. The lowest BCUT2D eigenvalue weighted by Crippen LogP contribution is -2.10. The van der Waals surface area contributed by atoms with E-state index in [0.29, 0.717) is 42.6 Å². The molecule has 9 nitrogen and oxygen atoms in total. The van der Waals surface area contributed by atoms with Crippen molar-refractivity contribution in [2.75, 3.05) is 32.2 Å². The van der Waals surface area contributed by atoms with Crippen LogP contribution in [-0.2, 0) is 11.2 Å². The van der Waals surface area contributed by atoms with E-state index < -0.39 is 12.6 Å². The smallest absolute Gasteiger partial charge is 0.341 e. The number of methoxy groups -OCH3 is 1. The summed E-state index contributed by atoms with van der Waals surface area (Å²) in [6.45, 7) is 2.44. The molecule has 0 unspecified atom stereocenters. The summed E-state index contributed by atoms with van der Waals surface area (Å²) in [5.74, 6) is 1.25. The molecule has 0 aliphatic carbocycles. The lowest BCUT2D eigenvalue weighted by atomic mass is 10.1. The Morgan fingerprint density at radius 2 is 1.94 bits per heavy atom. The number of furan rings is 1. The number of nitrogens with one attached hydrogen (secondary N) is 1. The average Bonchev–Trinajstić information content (AvgIpc) is 3.30. The van der Waals surface area contributed by atoms with Gasteiger partial charge in [-0.3, -0.25) is 0 Å². The van der Waals surface area contributed by atoms with Gasteiger partial charge in [-0.05, 0) is 55.3 Å². The minimum absolute atomic E-state index is 0.364. The van der Waals surface area contributed by atoms with Crippen molar-refractivity contribution < 1.29 is 28.5 Å². The van der Waals surface area contributed by atoms with Crippen LogP contribution in [0.25, 0.3) is 22.2 Å². The van der Waals surface area contributed by atoms with E-state index in [-0.39, 0.29) is 0 Å². The number of benzene rings is 2. The molecule has 176 valence electrons. The zero-order valence-corrected chi connectivity index (χ0v) is 18.9. The molecule has 0 atom stereocenters. The van der Waals surface area contributed by atoms with E-state index in [1.54, 1.807) is 31.6 Å². The van der Waals surface area contributed by atoms with E-state index in [1.165, 1.54) is 6.33 Å². The van der Waals surface area contributed by atoms with Crippen LogP contribution >= 0.6 is 0 Å². The fourth-order valence-corrected chi connectivity index (χ4v) is 3.55. The zero-order valence-electron chi connectivity index (χ0n) is 18.9. The summed E-state index contributed by atoms with van der Waals surface area (Å²) in [5, 5.41) is 13.2. The second-order valence-corrected chi connectivity index (χ2v) is 7.36. The molecule has 0 aliphatic rings. The molecule has 0 fully saturated rings. The molecule has 0 saturated heterocycles. The molecule has 0 spiro atoms. The number of aliphatic carboxylic acids is 1. The first kappa shape index (κ1) is 22.9. The number of carboxylic acids is 1. The van der Waals surface area contributed by atoms with Gasteiger partial charge in [0.25, 0.3) is 0 Å². The fraction of sp³-hybridized carbons (Fsp3) is 0.240. The Bertz CT molecular complexity index is 1290. The molecule has 2 heterocycles. The van der Waals surface area contributed by atoms with Gasteiger partial charge in [-0.25, -0.2) is 14.8 Å². The third-order valence-corrected chi connectivity index (χ3v) is 5.11. The van der Waals surface area contributed by atoms with Gasteiger partial charge in [-0.2, -0.15) is 0 Å². The molecule has 0 radical (unpaired) electrons. The molecular formula is C25H25N3O6. The van der Waals surface area contributed by atoms with Crippen LogP contribution in [0, 0.1) is 0 Å². The summed E-state index contributed by atoms with van der Waals surface area (Å²) >= 11 is 0. The first-order valence-corrected chi connectivity index (χ1v) is 10.8. The zero-order chi connectivity index (χ0) is 23.9. The van der Waals surface area contributed by atoms with Crippen molar-refractivity contribution in [1.82, 2.24) is 9.97 Å². The molecule has 0 aliphatic heterocycles. The van der Waals surface area contributed by atoms with Crippen molar-refractivity contribution in [2.24, 2.45) is 0 Å². The van der Waals surface area contributed by atoms with Crippen molar-refractivity contribution in [3.63, 3.8) is 0 Å². The Kier molecular flexibility index (Phi) is 7.12. The van der Waals surface area contributed by atoms with Gasteiger partial charge < -0.3 is 29.1 Å². The van der Waals surface area contributed by atoms with Crippen LogP contribution in [0.4, 0.5) is 5.82 Å². The Morgan fingerprint density at radius 1 is 1.06 bits per heavy atom. The molecule has 4 aromatic rings.